The van der Waals surface area contributed by atoms with E-state index in [1.165, 1.54) is 7.11 Å². The molecule has 1 amide bonds. The number of esters is 1. The third-order valence-corrected chi connectivity index (χ3v) is 3.19. The summed E-state index contributed by atoms with van der Waals surface area (Å²) in [5, 5.41) is 0.993. The first-order valence-electron chi connectivity index (χ1n) is 6.33. The Balaban J connectivity index is 2.26. The molecule has 1 atom stereocenters. The Kier molecular flexibility index (Phi) is 4.30. The van der Waals surface area contributed by atoms with Crippen molar-refractivity contribution in [3.05, 3.63) is 42.1 Å². The number of methoxy groups -OCH3 is 1. The third kappa shape index (κ3) is 3.12. The number of nitrogens with two attached hydrogens (primary N) is 1. The van der Waals surface area contributed by atoms with Gasteiger partial charge < -0.3 is 10.5 Å². The number of hydrogen-bond donors (Lipinski definition) is 1. The molecule has 5 nitrogen and oxygen atoms in total. The van der Waals surface area contributed by atoms with E-state index in [2.05, 4.69) is 9.72 Å². The van der Waals surface area contributed by atoms with E-state index in [1.807, 2.05) is 30.3 Å². The van der Waals surface area contributed by atoms with Gasteiger partial charge >= 0.3 is 5.97 Å². The summed E-state index contributed by atoms with van der Waals surface area (Å²) in [7, 11) is 1.32. The Morgan fingerprint density at radius 3 is 2.70 bits per heavy atom. The van der Waals surface area contributed by atoms with Crippen LogP contribution in [-0.4, -0.2) is 24.0 Å². The van der Waals surface area contributed by atoms with Gasteiger partial charge in [0.2, 0.25) is 5.91 Å². The van der Waals surface area contributed by atoms with Crippen molar-refractivity contribution in [2.75, 3.05) is 7.11 Å². The number of fused-ring (bicyclic) bond motifs is 1. The Hall–Kier alpha value is -2.43. The van der Waals surface area contributed by atoms with Gasteiger partial charge in [0, 0.05) is 11.8 Å². The van der Waals surface area contributed by atoms with Crippen LogP contribution in [0, 0.1) is 0 Å². The van der Waals surface area contributed by atoms with Crippen molar-refractivity contribution in [1.29, 1.82) is 0 Å². The Labute approximate surface area is 116 Å². The number of amides is 1. The summed E-state index contributed by atoms with van der Waals surface area (Å²) in [6, 6.07) is 11.3. The molecule has 1 unspecified atom stereocenters. The summed E-state index contributed by atoms with van der Waals surface area (Å²) in [6.45, 7) is 0. The summed E-state index contributed by atoms with van der Waals surface area (Å²) in [4.78, 5) is 27.2. The van der Waals surface area contributed by atoms with Crippen molar-refractivity contribution in [3.8, 4) is 0 Å². The van der Waals surface area contributed by atoms with Gasteiger partial charge in [-0.05, 0) is 18.6 Å². The number of carbonyl (C=O) groups excluding carboxylic acids is 2. The zero-order chi connectivity index (χ0) is 14.5. The average Bonchev–Trinajstić information content (AvgIpc) is 2.46. The van der Waals surface area contributed by atoms with E-state index in [0.29, 0.717) is 12.1 Å². The van der Waals surface area contributed by atoms with Gasteiger partial charge in [-0.3, -0.25) is 14.6 Å². The second kappa shape index (κ2) is 6.14. The molecule has 0 saturated carbocycles. The lowest BCUT2D eigenvalue weighted by atomic mass is 9.97. The Bertz CT molecular complexity index is 640. The monoisotopic (exact) mass is 272 g/mol. The number of hydrogen-bond acceptors (Lipinski definition) is 4. The molecule has 0 aliphatic heterocycles. The lowest BCUT2D eigenvalue weighted by Gasteiger charge is -2.12. The predicted octanol–water partition coefficient (Wildman–Crippen LogP) is 1.76. The van der Waals surface area contributed by atoms with E-state index < -0.39 is 11.8 Å². The van der Waals surface area contributed by atoms with Crippen molar-refractivity contribution in [2.24, 2.45) is 5.73 Å². The van der Waals surface area contributed by atoms with Crippen LogP contribution >= 0.6 is 0 Å². The summed E-state index contributed by atoms with van der Waals surface area (Å²) < 4.78 is 4.58. The van der Waals surface area contributed by atoms with E-state index in [1.54, 1.807) is 6.07 Å². The van der Waals surface area contributed by atoms with Gasteiger partial charge in [-0.2, -0.15) is 0 Å². The molecule has 0 saturated heterocycles. The molecular formula is C15H16N2O3. The first kappa shape index (κ1) is 14.0. The molecule has 0 spiro atoms. The maximum Gasteiger partial charge on any atom is 0.305 e. The minimum absolute atomic E-state index is 0.138. The molecule has 0 radical (unpaired) electrons. The largest absolute Gasteiger partial charge is 0.469 e. The SMILES string of the molecule is COC(=O)CCC(C(N)=O)c1ccc2ccccc2n1. The standard InChI is InChI=1S/C15H16N2O3/c1-20-14(18)9-7-11(15(16)19)13-8-6-10-4-2-3-5-12(10)17-13/h2-6,8,11H,7,9H2,1H3,(H2,16,19). The van der Waals surface area contributed by atoms with Crippen LogP contribution in [0.15, 0.2) is 36.4 Å². The number of para-hydroxylation sites is 1. The minimum Gasteiger partial charge on any atom is -0.469 e. The Morgan fingerprint density at radius 1 is 1.25 bits per heavy atom. The predicted molar refractivity (Wildman–Crippen MR) is 74.9 cm³/mol. The van der Waals surface area contributed by atoms with Crippen LogP contribution in [0.5, 0.6) is 0 Å². The maximum atomic E-state index is 11.6. The van der Waals surface area contributed by atoms with E-state index in [-0.39, 0.29) is 12.4 Å². The van der Waals surface area contributed by atoms with Crippen molar-refractivity contribution >= 4 is 22.8 Å². The third-order valence-electron chi connectivity index (χ3n) is 3.19. The molecule has 0 bridgehead atoms. The van der Waals surface area contributed by atoms with E-state index in [4.69, 9.17) is 5.73 Å². The molecule has 1 heterocycles. The van der Waals surface area contributed by atoms with Gasteiger partial charge in [0.1, 0.15) is 0 Å². The topological polar surface area (TPSA) is 82.3 Å². The zero-order valence-electron chi connectivity index (χ0n) is 11.2. The summed E-state index contributed by atoms with van der Waals surface area (Å²) in [6.07, 6.45) is 0.436. The highest BCUT2D eigenvalue weighted by atomic mass is 16.5. The first-order chi connectivity index (χ1) is 9.61. The fraction of sp³-hybridized carbons (Fsp3) is 0.267. The van der Waals surface area contributed by atoms with E-state index in [0.717, 1.165) is 10.9 Å². The zero-order valence-corrected chi connectivity index (χ0v) is 11.2. The number of aromatic nitrogens is 1. The van der Waals surface area contributed by atoms with Gasteiger partial charge in [-0.15, -0.1) is 0 Å². The van der Waals surface area contributed by atoms with Crippen molar-refractivity contribution in [3.63, 3.8) is 0 Å². The molecule has 104 valence electrons. The molecule has 2 aromatic rings. The molecule has 0 fully saturated rings. The quantitative estimate of drug-likeness (QED) is 0.841. The van der Waals surface area contributed by atoms with Gasteiger partial charge in [-0.25, -0.2) is 0 Å². The van der Waals surface area contributed by atoms with Gasteiger partial charge in [-0.1, -0.05) is 24.3 Å². The number of ether oxygens (including phenoxy) is 1. The molecule has 20 heavy (non-hydrogen) atoms. The van der Waals surface area contributed by atoms with Crippen LogP contribution < -0.4 is 5.73 Å². The van der Waals surface area contributed by atoms with Crippen molar-refractivity contribution in [2.45, 2.75) is 18.8 Å². The maximum absolute atomic E-state index is 11.6. The second-order valence-corrected chi connectivity index (χ2v) is 4.50. The lowest BCUT2D eigenvalue weighted by molar-refractivity contribution is -0.140. The molecule has 0 aliphatic carbocycles. The fourth-order valence-corrected chi connectivity index (χ4v) is 2.08. The highest BCUT2D eigenvalue weighted by molar-refractivity contribution is 5.84. The normalized spacial score (nSPS) is 12.1. The van der Waals surface area contributed by atoms with Crippen molar-refractivity contribution in [1.82, 2.24) is 4.98 Å². The number of carbonyl (C=O) groups is 2. The van der Waals surface area contributed by atoms with E-state index in [9.17, 15) is 9.59 Å². The first-order valence-corrected chi connectivity index (χ1v) is 6.33. The molecule has 2 rings (SSSR count). The molecule has 0 aliphatic rings. The fourth-order valence-electron chi connectivity index (χ4n) is 2.08. The lowest BCUT2D eigenvalue weighted by Crippen LogP contribution is -2.23. The van der Waals surface area contributed by atoms with Crippen LogP contribution in [0.1, 0.15) is 24.5 Å². The highest BCUT2D eigenvalue weighted by Crippen LogP contribution is 2.22. The van der Waals surface area contributed by atoms with Gasteiger partial charge in [0.05, 0.1) is 24.2 Å². The average molecular weight is 272 g/mol. The molecule has 2 N–H and O–H groups in total. The van der Waals surface area contributed by atoms with Crippen LogP contribution in [0.4, 0.5) is 0 Å². The summed E-state index contributed by atoms with van der Waals surface area (Å²) in [5.74, 6) is -1.44. The molecular weight excluding hydrogens is 256 g/mol. The second-order valence-electron chi connectivity index (χ2n) is 4.50. The van der Waals surface area contributed by atoms with Crippen LogP contribution in [0.25, 0.3) is 10.9 Å². The van der Waals surface area contributed by atoms with E-state index >= 15 is 0 Å². The van der Waals surface area contributed by atoms with Crippen LogP contribution in [0.2, 0.25) is 0 Å². The molecule has 5 heteroatoms. The smallest absolute Gasteiger partial charge is 0.305 e. The summed E-state index contributed by atoms with van der Waals surface area (Å²) in [5.41, 5.74) is 6.79. The number of pyridine rings is 1. The number of rotatable bonds is 5. The number of benzene rings is 1. The Morgan fingerprint density at radius 2 is 2.00 bits per heavy atom. The van der Waals surface area contributed by atoms with Crippen LogP contribution in [0.3, 0.4) is 0 Å². The molecule has 1 aromatic heterocycles. The van der Waals surface area contributed by atoms with Crippen LogP contribution in [-0.2, 0) is 14.3 Å². The van der Waals surface area contributed by atoms with Gasteiger partial charge in [0.25, 0.3) is 0 Å². The highest BCUT2D eigenvalue weighted by Gasteiger charge is 2.21. The number of nitrogens with zero attached hydrogens (tertiary/aromatic N) is 1. The number of primary amides is 1. The summed E-state index contributed by atoms with van der Waals surface area (Å²) >= 11 is 0. The minimum atomic E-state index is -0.585. The van der Waals surface area contributed by atoms with Gasteiger partial charge in [0.15, 0.2) is 0 Å². The molecule has 1 aromatic carbocycles. The van der Waals surface area contributed by atoms with Crippen molar-refractivity contribution < 1.29 is 14.3 Å².